The van der Waals surface area contributed by atoms with Crippen LogP contribution in [0.15, 0.2) is 53.8 Å². The normalized spacial score (nSPS) is 17.8. The smallest absolute Gasteiger partial charge is 0.246 e. The van der Waals surface area contributed by atoms with Crippen LogP contribution in [0.2, 0.25) is 0 Å². The van der Waals surface area contributed by atoms with Gasteiger partial charge in [-0.25, -0.2) is 28.1 Å². The minimum atomic E-state index is -0.868. The first kappa shape index (κ1) is 28.5. The van der Waals surface area contributed by atoms with E-state index in [9.17, 15) is 23.1 Å². The van der Waals surface area contributed by atoms with Crippen LogP contribution in [0.3, 0.4) is 0 Å². The van der Waals surface area contributed by atoms with E-state index in [0.717, 1.165) is 6.07 Å². The number of hydrogen-bond donors (Lipinski definition) is 1. The summed E-state index contributed by atoms with van der Waals surface area (Å²) in [5.74, 6) is -1.46. The minimum absolute atomic E-state index is 0.189. The van der Waals surface area contributed by atoms with Gasteiger partial charge < -0.3 is 14.7 Å². The van der Waals surface area contributed by atoms with E-state index in [1.165, 1.54) is 29.3 Å². The van der Waals surface area contributed by atoms with Crippen LogP contribution in [-0.4, -0.2) is 57.5 Å². The number of ether oxygens (including phenoxy) is 1. The lowest BCUT2D eigenvalue weighted by Crippen LogP contribution is -2.41. The van der Waals surface area contributed by atoms with Crippen LogP contribution in [0.4, 0.5) is 19.1 Å². The van der Waals surface area contributed by atoms with Crippen LogP contribution in [0, 0.1) is 23.4 Å². The predicted octanol–water partition coefficient (Wildman–Crippen LogP) is 5.28. The standard InChI is InChI=1S/C30H32F3N5O3/c1-30(2,40)9-14-41-23-3-4-25(33)24(18-23)26-5-10-34-29(36-26)37-12-7-19(8-13-37)28(39)38-27(6-11-35-38)20-15-21(31)17-22(32)16-20/h3-5,10-11,15-19,27,40H,6-9,12-14H2,1-2H3. The first-order valence-corrected chi connectivity index (χ1v) is 13.6. The molecule has 1 atom stereocenters. The van der Waals surface area contributed by atoms with Crippen molar-refractivity contribution < 1.29 is 27.8 Å². The van der Waals surface area contributed by atoms with Gasteiger partial charge in [0.05, 0.1) is 23.9 Å². The number of hydrazone groups is 1. The van der Waals surface area contributed by atoms with E-state index in [4.69, 9.17) is 4.74 Å². The van der Waals surface area contributed by atoms with E-state index in [2.05, 4.69) is 15.1 Å². The molecule has 0 aliphatic carbocycles. The van der Waals surface area contributed by atoms with Gasteiger partial charge in [-0.3, -0.25) is 4.79 Å². The highest BCUT2D eigenvalue weighted by atomic mass is 19.1. The summed E-state index contributed by atoms with van der Waals surface area (Å²) in [6, 6.07) is 8.78. The van der Waals surface area contributed by atoms with Crippen LogP contribution in [0.1, 0.15) is 51.1 Å². The number of hydrogen-bond acceptors (Lipinski definition) is 7. The second kappa shape index (κ2) is 11.9. The van der Waals surface area contributed by atoms with E-state index in [1.54, 1.807) is 38.4 Å². The highest BCUT2D eigenvalue weighted by molar-refractivity contribution is 5.82. The van der Waals surface area contributed by atoms with E-state index < -0.39 is 29.1 Å². The topological polar surface area (TPSA) is 91.2 Å². The Balaban J connectivity index is 1.23. The molecule has 0 saturated carbocycles. The molecule has 2 aliphatic heterocycles. The Morgan fingerprint density at radius 3 is 2.51 bits per heavy atom. The van der Waals surface area contributed by atoms with E-state index in [1.807, 2.05) is 4.90 Å². The molecular formula is C30H32F3N5O3. The fourth-order valence-electron chi connectivity index (χ4n) is 5.04. The number of carbonyl (C=O) groups excluding carboxylic acids is 1. The Labute approximate surface area is 236 Å². The third-order valence-electron chi connectivity index (χ3n) is 7.29. The van der Waals surface area contributed by atoms with Gasteiger partial charge >= 0.3 is 0 Å². The summed E-state index contributed by atoms with van der Waals surface area (Å²) in [4.78, 5) is 24.3. The molecule has 11 heteroatoms. The van der Waals surface area contributed by atoms with Crippen molar-refractivity contribution in [2.75, 3.05) is 24.6 Å². The number of piperidine rings is 1. The summed E-state index contributed by atoms with van der Waals surface area (Å²) in [6.45, 7) is 4.66. The Bertz CT molecular complexity index is 1420. The highest BCUT2D eigenvalue weighted by Crippen LogP contribution is 2.33. The Morgan fingerprint density at radius 2 is 1.80 bits per heavy atom. The molecule has 0 radical (unpaired) electrons. The van der Waals surface area contributed by atoms with Gasteiger partial charge in [0.2, 0.25) is 11.9 Å². The summed E-state index contributed by atoms with van der Waals surface area (Å²) < 4.78 is 48.1. The molecule has 1 N–H and O–H groups in total. The van der Waals surface area contributed by atoms with Gasteiger partial charge in [-0.1, -0.05) is 0 Å². The molecule has 3 aromatic rings. The molecular weight excluding hydrogens is 535 g/mol. The second-order valence-corrected chi connectivity index (χ2v) is 11.0. The lowest BCUT2D eigenvalue weighted by atomic mass is 9.94. The van der Waals surface area contributed by atoms with Crippen molar-refractivity contribution in [1.29, 1.82) is 0 Å². The van der Waals surface area contributed by atoms with Crippen LogP contribution < -0.4 is 9.64 Å². The maximum Gasteiger partial charge on any atom is 0.246 e. The number of amides is 1. The van der Waals surface area contributed by atoms with Crippen LogP contribution in [0.25, 0.3) is 11.3 Å². The van der Waals surface area contributed by atoms with Crippen molar-refractivity contribution in [3.05, 3.63) is 71.7 Å². The summed E-state index contributed by atoms with van der Waals surface area (Å²) in [6.07, 6.45) is 4.99. The third-order valence-corrected chi connectivity index (χ3v) is 7.29. The second-order valence-electron chi connectivity index (χ2n) is 11.0. The zero-order valence-corrected chi connectivity index (χ0v) is 22.9. The van der Waals surface area contributed by atoms with Gasteiger partial charge in [-0.05, 0) is 68.7 Å². The molecule has 2 aromatic carbocycles. The molecule has 1 amide bonds. The maximum absolute atomic E-state index is 14.8. The van der Waals surface area contributed by atoms with Crippen molar-refractivity contribution >= 4 is 18.1 Å². The van der Waals surface area contributed by atoms with Gasteiger partial charge in [0.1, 0.15) is 23.2 Å². The largest absolute Gasteiger partial charge is 0.493 e. The molecule has 8 nitrogen and oxygen atoms in total. The molecule has 2 aliphatic rings. The first-order chi connectivity index (χ1) is 19.6. The van der Waals surface area contributed by atoms with Crippen molar-refractivity contribution in [3.63, 3.8) is 0 Å². The monoisotopic (exact) mass is 567 g/mol. The highest BCUT2D eigenvalue weighted by Gasteiger charge is 2.35. The Morgan fingerprint density at radius 1 is 1.07 bits per heavy atom. The zero-order chi connectivity index (χ0) is 29.1. The maximum atomic E-state index is 14.8. The number of benzene rings is 2. The Hall–Kier alpha value is -3.99. The summed E-state index contributed by atoms with van der Waals surface area (Å²) in [5, 5.41) is 15.4. The van der Waals surface area contributed by atoms with E-state index in [-0.39, 0.29) is 24.0 Å². The number of rotatable bonds is 8. The average molecular weight is 568 g/mol. The molecule has 0 bridgehead atoms. The molecule has 216 valence electrons. The van der Waals surface area contributed by atoms with Crippen LogP contribution in [-0.2, 0) is 4.79 Å². The number of nitrogens with zero attached hydrogens (tertiary/aromatic N) is 5. The van der Waals surface area contributed by atoms with Gasteiger partial charge in [-0.15, -0.1) is 0 Å². The van der Waals surface area contributed by atoms with Crippen LogP contribution >= 0.6 is 0 Å². The first-order valence-electron chi connectivity index (χ1n) is 13.6. The van der Waals surface area contributed by atoms with Crippen molar-refractivity contribution in [2.24, 2.45) is 11.0 Å². The molecule has 41 heavy (non-hydrogen) atoms. The van der Waals surface area contributed by atoms with E-state index in [0.29, 0.717) is 61.7 Å². The molecule has 1 aromatic heterocycles. The predicted molar refractivity (Wildman–Crippen MR) is 148 cm³/mol. The lowest BCUT2D eigenvalue weighted by molar-refractivity contribution is -0.138. The van der Waals surface area contributed by atoms with Gasteiger partial charge in [-0.2, -0.15) is 5.10 Å². The molecule has 1 saturated heterocycles. The molecule has 1 unspecified atom stereocenters. The van der Waals surface area contributed by atoms with E-state index >= 15 is 0 Å². The summed E-state index contributed by atoms with van der Waals surface area (Å²) >= 11 is 0. The third kappa shape index (κ3) is 6.84. The van der Waals surface area contributed by atoms with Gasteiger partial charge in [0, 0.05) is 55.9 Å². The molecule has 0 spiro atoms. The zero-order valence-electron chi connectivity index (χ0n) is 22.9. The average Bonchev–Trinajstić information content (AvgIpc) is 3.43. The summed E-state index contributed by atoms with van der Waals surface area (Å²) in [7, 11) is 0. The van der Waals surface area contributed by atoms with Crippen LogP contribution in [0.5, 0.6) is 5.75 Å². The number of anilines is 1. The minimum Gasteiger partial charge on any atom is -0.493 e. The number of carbonyl (C=O) groups is 1. The van der Waals surface area contributed by atoms with Crippen molar-refractivity contribution in [2.45, 2.75) is 51.2 Å². The molecule has 3 heterocycles. The van der Waals surface area contributed by atoms with Gasteiger partial charge in [0.25, 0.3) is 0 Å². The van der Waals surface area contributed by atoms with Crippen molar-refractivity contribution in [3.8, 4) is 17.0 Å². The van der Waals surface area contributed by atoms with Crippen molar-refractivity contribution in [1.82, 2.24) is 15.0 Å². The fraction of sp³-hybridized carbons (Fsp3) is 0.400. The number of aromatic nitrogens is 2. The quantitative estimate of drug-likeness (QED) is 0.399. The molecule has 1 fully saturated rings. The SMILES string of the molecule is CC(C)(O)CCOc1ccc(F)c(-c2ccnc(N3CCC(C(=O)N4N=CCC4c4cc(F)cc(F)c4)CC3)n2)c1. The summed E-state index contributed by atoms with van der Waals surface area (Å²) in [5.41, 5.74) is 0.170. The fourth-order valence-corrected chi connectivity index (χ4v) is 5.04. The Kier molecular flexibility index (Phi) is 8.25. The lowest BCUT2D eigenvalue weighted by Gasteiger charge is -2.33. The molecule has 5 rings (SSSR count). The van der Waals surface area contributed by atoms with Gasteiger partial charge in [0.15, 0.2) is 0 Å². The number of aliphatic hydroxyl groups is 1. The number of halogens is 3.